The first kappa shape index (κ1) is 17.3. The highest BCUT2D eigenvalue weighted by molar-refractivity contribution is 5.95. The molecule has 0 radical (unpaired) electrons. The summed E-state index contributed by atoms with van der Waals surface area (Å²) in [7, 11) is 0. The van der Waals surface area contributed by atoms with Crippen molar-refractivity contribution in [2.24, 2.45) is 5.92 Å². The van der Waals surface area contributed by atoms with Crippen LogP contribution in [0.3, 0.4) is 0 Å². The fraction of sp³-hybridized carbons (Fsp3) is 0.474. The number of hydrogen-bond acceptors (Lipinski definition) is 5. The lowest BCUT2D eigenvalue weighted by molar-refractivity contribution is -0.116. The molecule has 0 spiro atoms. The standard InChI is InChI=1S/C19H26N4O2/c1-13-8-10-23(11-9-13)17-6-4-16(5-7-17)20-15(3)19(24)21-18-12-14(2)25-22-18/h4-7,12-13,15,20H,8-11H2,1-3H3,(H,21,22,24)/t15-/m0/s1. The summed E-state index contributed by atoms with van der Waals surface area (Å²) in [6, 6.07) is 9.60. The second-order valence-corrected chi connectivity index (χ2v) is 6.89. The lowest BCUT2D eigenvalue weighted by atomic mass is 9.99. The first-order valence-electron chi connectivity index (χ1n) is 8.87. The molecule has 6 heteroatoms. The topological polar surface area (TPSA) is 70.4 Å². The van der Waals surface area contributed by atoms with Gasteiger partial charge in [0.15, 0.2) is 5.82 Å². The molecular weight excluding hydrogens is 316 g/mol. The number of hydrogen-bond donors (Lipinski definition) is 2. The summed E-state index contributed by atoms with van der Waals surface area (Å²) in [5, 5.41) is 9.73. The summed E-state index contributed by atoms with van der Waals surface area (Å²) in [6.07, 6.45) is 2.50. The van der Waals surface area contributed by atoms with Crippen LogP contribution in [0.4, 0.5) is 17.2 Å². The Labute approximate surface area is 148 Å². The number of piperidine rings is 1. The van der Waals surface area contributed by atoms with Crippen molar-refractivity contribution >= 4 is 23.1 Å². The van der Waals surface area contributed by atoms with Gasteiger partial charge in [-0.05, 0) is 56.9 Å². The minimum Gasteiger partial charge on any atom is -0.374 e. The van der Waals surface area contributed by atoms with Gasteiger partial charge < -0.3 is 20.1 Å². The molecule has 2 heterocycles. The summed E-state index contributed by atoms with van der Waals surface area (Å²) in [4.78, 5) is 14.6. The van der Waals surface area contributed by atoms with Crippen molar-refractivity contribution < 1.29 is 9.32 Å². The van der Waals surface area contributed by atoms with Crippen LogP contribution < -0.4 is 15.5 Å². The molecule has 0 bridgehead atoms. The van der Waals surface area contributed by atoms with Crippen LogP contribution in [0.2, 0.25) is 0 Å². The predicted octanol–water partition coefficient (Wildman–Crippen LogP) is 3.66. The summed E-state index contributed by atoms with van der Waals surface area (Å²) in [5.74, 6) is 1.77. The third kappa shape index (κ3) is 4.53. The molecule has 0 saturated carbocycles. The summed E-state index contributed by atoms with van der Waals surface area (Å²) < 4.78 is 4.95. The maximum atomic E-state index is 12.2. The zero-order valence-electron chi connectivity index (χ0n) is 15.1. The van der Waals surface area contributed by atoms with Crippen molar-refractivity contribution in [3.8, 4) is 0 Å². The van der Waals surface area contributed by atoms with Crippen molar-refractivity contribution in [2.75, 3.05) is 28.6 Å². The average molecular weight is 342 g/mol. The lowest BCUT2D eigenvalue weighted by Gasteiger charge is -2.32. The number of rotatable bonds is 5. The summed E-state index contributed by atoms with van der Waals surface area (Å²) in [6.45, 7) is 8.15. The van der Waals surface area contributed by atoms with Gasteiger partial charge in [-0.1, -0.05) is 12.1 Å². The van der Waals surface area contributed by atoms with E-state index in [-0.39, 0.29) is 11.9 Å². The third-order valence-electron chi connectivity index (χ3n) is 4.67. The second kappa shape index (κ2) is 7.59. The molecule has 0 aliphatic carbocycles. The van der Waals surface area contributed by atoms with Crippen LogP contribution >= 0.6 is 0 Å². The monoisotopic (exact) mass is 342 g/mol. The van der Waals surface area contributed by atoms with Gasteiger partial charge in [-0.25, -0.2) is 0 Å². The van der Waals surface area contributed by atoms with Crippen molar-refractivity contribution in [3.05, 3.63) is 36.1 Å². The molecule has 1 amide bonds. The maximum Gasteiger partial charge on any atom is 0.247 e. The molecule has 2 aromatic rings. The van der Waals surface area contributed by atoms with Gasteiger partial charge in [-0.3, -0.25) is 4.79 Å². The maximum absolute atomic E-state index is 12.2. The molecule has 1 saturated heterocycles. The van der Waals surface area contributed by atoms with E-state index in [1.165, 1.54) is 18.5 Å². The van der Waals surface area contributed by atoms with Crippen molar-refractivity contribution in [2.45, 2.75) is 39.7 Å². The number of amides is 1. The van der Waals surface area contributed by atoms with Gasteiger partial charge in [0, 0.05) is 30.5 Å². The van der Waals surface area contributed by atoms with Crippen LogP contribution in [-0.2, 0) is 4.79 Å². The van der Waals surface area contributed by atoms with Crippen LogP contribution in [0, 0.1) is 12.8 Å². The highest BCUT2D eigenvalue weighted by Crippen LogP contribution is 2.24. The van der Waals surface area contributed by atoms with Gasteiger partial charge >= 0.3 is 0 Å². The Kier molecular flexibility index (Phi) is 5.26. The fourth-order valence-electron chi connectivity index (χ4n) is 3.01. The molecule has 6 nitrogen and oxygen atoms in total. The number of anilines is 3. The quantitative estimate of drug-likeness (QED) is 0.868. The van der Waals surface area contributed by atoms with E-state index < -0.39 is 0 Å². The number of nitrogens with zero attached hydrogens (tertiary/aromatic N) is 2. The zero-order valence-corrected chi connectivity index (χ0v) is 15.1. The zero-order chi connectivity index (χ0) is 17.8. The van der Waals surface area contributed by atoms with Crippen molar-refractivity contribution in [1.29, 1.82) is 0 Å². The molecule has 2 N–H and O–H groups in total. The normalized spacial score (nSPS) is 16.5. The van der Waals surface area contributed by atoms with Gasteiger partial charge in [-0.2, -0.15) is 0 Å². The number of aryl methyl sites for hydroxylation is 1. The molecule has 0 unspecified atom stereocenters. The second-order valence-electron chi connectivity index (χ2n) is 6.89. The number of aromatic nitrogens is 1. The summed E-state index contributed by atoms with van der Waals surface area (Å²) in [5.41, 5.74) is 2.17. The van der Waals surface area contributed by atoms with Gasteiger partial charge in [0.05, 0.1) is 0 Å². The van der Waals surface area contributed by atoms with Crippen LogP contribution in [0.15, 0.2) is 34.9 Å². The predicted molar refractivity (Wildman–Crippen MR) is 100 cm³/mol. The Morgan fingerprint density at radius 1 is 1.28 bits per heavy atom. The molecule has 1 aromatic heterocycles. The van der Waals surface area contributed by atoms with Crippen LogP contribution in [0.25, 0.3) is 0 Å². The molecule has 25 heavy (non-hydrogen) atoms. The molecular formula is C19H26N4O2. The molecule has 1 aromatic carbocycles. The highest BCUT2D eigenvalue weighted by Gasteiger charge is 2.17. The van der Waals surface area contributed by atoms with Crippen LogP contribution in [-0.4, -0.2) is 30.2 Å². The highest BCUT2D eigenvalue weighted by atomic mass is 16.5. The molecule has 3 rings (SSSR count). The van der Waals surface area contributed by atoms with E-state index in [9.17, 15) is 4.79 Å². The molecule has 1 aliphatic heterocycles. The SMILES string of the molecule is Cc1cc(NC(=O)[C@H](C)Nc2ccc(N3CCC(C)CC3)cc2)no1. The first-order chi connectivity index (χ1) is 12.0. The average Bonchev–Trinajstić information content (AvgIpc) is 3.01. The van der Waals surface area contributed by atoms with E-state index in [4.69, 9.17) is 4.52 Å². The van der Waals surface area contributed by atoms with Gasteiger partial charge in [0.1, 0.15) is 11.8 Å². The summed E-state index contributed by atoms with van der Waals surface area (Å²) >= 11 is 0. The van der Waals surface area contributed by atoms with Gasteiger partial charge in [0.2, 0.25) is 5.91 Å². The molecule has 134 valence electrons. The van der Waals surface area contributed by atoms with E-state index in [1.54, 1.807) is 13.0 Å². The van der Waals surface area contributed by atoms with Crippen molar-refractivity contribution in [3.63, 3.8) is 0 Å². The van der Waals surface area contributed by atoms with E-state index in [2.05, 4.69) is 39.7 Å². The first-order valence-corrected chi connectivity index (χ1v) is 8.87. The Morgan fingerprint density at radius 2 is 1.96 bits per heavy atom. The van der Waals surface area contributed by atoms with Gasteiger partial charge in [0.25, 0.3) is 0 Å². The Balaban J connectivity index is 1.54. The number of benzene rings is 1. The fourth-order valence-corrected chi connectivity index (χ4v) is 3.01. The van der Waals surface area contributed by atoms with E-state index >= 15 is 0 Å². The van der Waals surface area contributed by atoms with Crippen molar-refractivity contribution in [1.82, 2.24) is 5.16 Å². The number of nitrogens with one attached hydrogen (secondary N) is 2. The Bertz CT molecular complexity index is 702. The Hall–Kier alpha value is -2.50. The minimum absolute atomic E-state index is 0.151. The van der Waals surface area contributed by atoms with E-state index in [0.29, 0.717) is 11.6 Å². The number of carbonyl (C=O) groups is 1. The Morgan fingerprint density at radius 3 is 2.56 bits per heavy atom. The molecule has 1 aliphatic rings. The van der Waals surface area contributed by atoms with Crippen LogP contribution in [0.5, 0.6) is 0 Å². The lowest BCUT2D eigenvalue weighted by Crippen LogP contribution is -2.33. The molecule has 1 fully saturated rings. The molecule has 1 atom stereocenters. The third-order valence-corrected chi connectivity index (χ3v) is 4.67. The smallest absolute Gasteiger partial charge is 0.247 e. The number of carbonyl (C=O) groups excluding carboxylic acids is 1. The minimum atomic E-state index is -0.376. The van der Waals surface area contributed by atoms with E-state index in [1.807, 2.05) is 19.1 Å². The largest absolute Gasteiger partial charge is 0.374 e. The van der Waals surface area contributed by atoms with Crippen LogP contribution in [0.1, 0.15) is 32.4 Å². The van der Waals surface area contributed by atoms with E-state index in [0.717, 1.165) is 24.7 Å². The van der Waals surface area contributed by atoms with Gasteiger partial charge in [-0.15, -0.1) is 0 Å².